The molecule has 0 aromatic heterocycles. The number of nitrogens with zero attached hydrogens (tertiary/aromatic N) is 1. The number of carbonyl (C=O) groups is 3. The summed E-state index contributed by atoms with van der Waals surface area (Å²) in [5.74, 6) is -2.78. The van der Waals surface area contributed by atoms with Crippen molar-refractivity contribution in [2.24, 2.45) is 5.41 Å². The average molecular weight is 803 g/mol. The highest BCUT2D eigenvalue weighted by atomic mass is 16.8. The molecule has 1 aliphatic carbocycles. The number of aliphatic hydroxyl groups excluding tert-OH is 1. The first-order chi connectivity index (χ1) is 28.4. The van der Waals surface area contributed by atoms with E-state index in [0.29, 0.717) is 6.42 Å². The Balaban J connectivity index is 1.13. The van der Waals surface area contributed by atoms with Crippen LogP contribution < -0.4 is 5.32 Å². The van der Waals surface area contributed by atoms with Crippen molar-refractivity contribution in [3.8, 4) is 5.75 Å². The molecule has 4 aliphatic rings. The molecule has 3 aliphatic heterocycles. The van der Waals surface area contributed by atoms with Gasteiger partial charge in [0.2, 0.25) is 11.7 Å². The van der Waals surface area contributed by atoms with Gasteiger partial charge in [-0.25, -0.2) is 0 Å². The zero-order chi connectivity index (χ0) is 41.4. The molecule has 4 aromatic carbocycles. The lowest BCUT2D eigenvalue weighted by atomic mass is 9.62. The van der Waals surface area contributed by atoms with Crippen molar-refractivity contribution in [2.75, 3.05) is 6.61 Å². The quantitative estimate of drug-likeness (QED) is 0.142. The van der Waals surface area contributed by atoms with Gasteiger partial charge < -0.3 is 34.5 Å². The molecule has 7 unspecified atom stereocenters. The van der Waals surface area contributed by atoms with Crippen molar-refractivity contribution >= 4 is 23.9 Å². The highest BCUT2D eigenvalue weighted by Gasteiger charge is 2.76. The minimum absolute atomic E-state index is 0.0362. The van der Waals surface area contributed by atoms with Gasteiger partial charge in [0.25, 0.3) is 0 Å². The van der Waals surface area contributed by atoms with Gasteiger partial charge in [-0.3, -0.25) is 19.2 Å². The van der Waals surface area contributed by atoms with Crippen LogP contribution in [0.2, 0.25) is 0 Å². The maximum absolute atomic E-state index is 15.0. The SMILES string of the molecule is CC(C)(C)OC(=O)CCC(CO)NC(=O)C12CC3OC(=O)C1N(Cc1cccc(C=CCc4ccccc4O)c1)OC2C1OC(c2ccccc2)(c2ccccc2)OC31. The average Bonchev–Trinajstić information content (AvgIpc) is 3.80. The third-order valence-electron chi connectivity index (χ3n) is 11.5. The predicted octanol–water partition coefficient (Wildman–Crippen LogP) is 5.73. The molecule has 4 fully saturated rings. The largest absolute Gasteiger partial charge is 0.508 e. The third kappa shape index (κ3) is 7.91. The van der Waals surface area contributed by atoms with Crippen molar-refractivity contribution in [1.29, 1.82) is 0 Å². The number of rotatable bonds is 13. The molecule has 2 bridgehead atoms. The number of hydrogen-bond acceptors (Lipinski definition) is 11. The van der Waals surface area contributed by atoms with Crippen LogP contribution in [0.25, 0.3) is 6.08 Å². The Hall–Kier alpha value is -5.37. The van der Waals surface area contributed by atoms with Crippen molar-refractivity contribution < 1.29 is 48.4 Å². The molecule has 308 valence electrons. The number of phenols is 1. The van der Waals surface area contributed by atoms with Crippen LogP contribution in [0.4, 0.5) is 0 Å². The number of ether oxygens (including phenoxy) is 4. The summed E-state index contributed by atoms with van der Waals surface area (Å²) in [7, 11) is 0. The molecule has 12 nitrogen and oxygen atoms in total. The summed E-state index contributed by atoms with van der Waals surface area (Å²) in [6.45, 7) is 5.00. The molecule has 7 atom stereocenters. The number of benzene rings is 4. The van der Waals surface area contributed by atoms with Gasteiger partial charge >= 0.3 is 11.9 Å². The third-order valence-corrected chi connectivity index (χ3v) is 11.5. The number of hydrogen-bond donors (Lipinski definition) is 3. The number of carbonyl (C=O) groups excluding carboxylic acids is 3. The number of amides is 1. The van der Waals surface area contributed by atoms with E-state index >= 15 is 4.79 Å². The van der Waals surface area contributed by atoms with Crippen LogP contribution in [-0.4, -0.2) is 81.8 Å². The van der Waals surface area contributed by atoms with Gasteiger partial charge in [-0.05, 0) is 56.4 Å². The number of nitrogens with one attached hydrogen (secondary N) is 1. The summed E-state index contributed by atoms with van der Waals surface area (Å²) < 4.78 is 25.7. The van der Waals surface area contributed by atoms with Crippen LogP contribution in [-0.2, 0) is 56.9 Å². The molecule has 0 radical (unpaired) electrons. The van der Waals surface area contributed by atoms with Crippen molar-refractivity contribution in [2.45, 2.75) is 101 Å². The van der Waals surface area contributed by atoms with Crippen LogP contribution in [0.3, 0.4) is 0 Å². The lowest BCUT2D eigenvalue weighted by Crippen LogP contribution is -2.70. The lowest BCUT2D eigenvalue weighted by Gasteiger charge is -2.49. The fourth-order valence-electron chi connectivity index (χ4n) is 8.88. The molecular formula is C47H50N2O10. The van der Waals surface area contributed by atoms with E-state index in [1.807, 2.05) is 109 Å². The second-order valence-corrected chi connectivity index (χ2v) is 16.7. The normalized spacial score (nSPS) is 26.2. The number of esters is 2. The summed E-state index contributed by atoms with van der Waals surface area (Å²) in [6.07, 6.45) is 1.05. The summed E-state index contributed by atoms with van der Waals surface area (Å²) in [5, 5.41) is 25.2. The van der Waals surface area contributed by atoms with Gasteiger partial charge in [-0.2, -0.15) is 5.06 Å². The number of phenolic OH excluding ortho intramolecular Hbond substituents is 1. The second kappa shape index (κ2) is 16.4. The maximum atomic E-state index is 15.0. The van der Waals surface area contributed by atoms with E-state index in [0.717, 1.165) is 27.8 Å². The molecule has 3 saturated heterocycles. The standard InChI is InChI=1S/C47H50N2O10/c1-45(2,3)56-38(52)25-24-35(29-50)48-44(54)46-27-37-39-40(58-47(57-39,33-19-6-4-7-20-33)34-21-8-5-9-22-34)42(46)59-49(41(46)43(53)55-37)28-31-16-12-14-30(26-31)15-13-18-32-17-10-11-23-36(32)51/h4-17,19-23,26,35,37,39-42,50-51H,18,24-25,27-29H2,1-3H3,(H,48,54). The molecular weight excluding hydrogens is 753 g/mol. The zero-order valence-electron chi connectivity index (χ0n) is 33.4. The number of allylic oxidation sites excluding steroid dienone is 1. The van der Waals surface area contributed by atoms with Crippen molar-refractivity contribution in [3.05, 3.63) is 143 Å². The van der Waals surface area contributed by atoms with E-state index in [1.165, 1.54) is 5.06 Å². The number of aliphatic hydroxyl groups is 1. The van der Waals surface area contributed by atoms with Crippen LogP contribution in [0.1, 0.15) is 67.9 Å². The van der Waals surface area contributed by atoms with E-state index in [2.05, 4.69) is 5.32 Å². The van der Waals surface area contributed by atoms with Crippen molar-refractivity contribution in [3.63, 3.8) is 0 Å². The van der Waals surface area contributed by atoms with Crippen LogP contribution in [0.15, 0.2) is 115 Å². The number of para-hydroxylation sites is 1. The number of fused-ring (bicyclic) bond motifs is 4. The smallest absolute Gasteiger partial charge is 0.327 e. The first-order valence-electron chi connectivity index (χ1n) is 20.2. The summed E-state index contributed by atoms with van der Waals surface area (Å²) >= 11 is 0. The van der Waals surface area contributed by atoms with Crippen LogP contribution >= 0.6 is 0 Å². The predicted molar refractivity (Wildman–Crippen MR) is 216 cm³/mol. The fourth-order valence-corrected chi connectivity index (χ4v) is 8.88. The van der Waals surface area contributed by atoms with Gasteiger partial charge in [0.15, 0.2) is 6.04 Å². The highest BCUT2D eigenvalue weighted by molar-refractivity contribution is 5.94. The van der Waals surface area contributed by atoms with Gasteiger partial charge in [-0.1, -0.05) is 115 Å². The minimum Gasteiger partial charge on any atom is -0.508 e. The van der Waals surface area contributed by atoms with E-state index in [4.69, 9.17) is 23.8 Å². The van der Waals surface area contributed by atoms with E-state index in [-0.39, 0.29) is 31.6 Å². The van der Waals surface area contributed by atoms with Gasteiger partial charge in [0, 0.05) is 24.0 Å². The summed E-state index contributed by atoms with van der Waals surface area (Å²) in [4.78, 5) is 48.8. The van der Waals surface area contributed by atoms with Crippen LogP contribution in [0.5, 0.6) is 5.75 Å². The van der Waals surface area contributed by atoms with Crippen LogP contribution in [0, 0.1) is 5.41 Å². The Labute approximate surface area is 343 Å². The Kier molecular flexibility index (Phi) is 11.2. The second-order valence-electron chi connectivity index (χ2n) is 16.7. The molecule has 0 spiro atoms. The molecule has 4 aromatic rings. The summed E-state index contributed by atoms with van der Waals surface area (Å²) in [5.41, 5.74) is 1.74. The van der Waals surface area contributed by atoms with E-state index in [9.17, 15) is 19.8 Å². The Morgan fingerprint density at radius 2 is 1.61 bits per heavy atom. The Bertz CT molecular complexity index is 2150. The first kappa shape index (κ1) is 40.4. The number of hydroxylamine groups is 2. The molecule has 12 heteroatoms. The Morgan fingerprint density at radius 3 is 2.29 bits per heavy atom. The van der Waals surface area contributed by atoms with Gasteiger partial charge in [0.1, 0.15) is 41.2 Å². The molecule has 8 rings (SSSR count). The van der Waals surface area contributed by atoms with Crippen molar-refractivity contribution in [1.82, 2.24) is 10.4 Å². The molecule has 59 heavy (non-hydrogen) atoms. The molecule has 3 N–H and O–H groups in total. The lowest BCUT2D eigenvalue weighted by molar-refractivity contribution is -0.213. The summed E-state index contributed by atoms with van der Waals surface area (Å²) in [6, 6.07) is 32.0. The Morgan fingerprint density at radius 1 is 0.932 bits per heavy atom. The molecule has 1 amide bonds. The monoisotopic (exact) mass is 802 g/mol. The van der Waals surface area contributed by atoms with Gasteiger partial charge in [0.05, 0.1) is 19.2 Å². The van der Waals surface area contributed by atoms with Gasteiger partial charge in [-0.15, -0.1) is 0 Å². The number of aromatic hydroxyl groups is 1. The molecule has 1 saturated carbocycles. The van der Waals surface area contributed by atoms with E-state index < -0.39 is 77.8 Å². The minimum atomic E-state index is -1.53. The fraction of sp³-hybridized carbons (Fsp3) is 0.383. The zero-order valence-corrected chi connectivity index (χ0v) is 33.4. The topological polar surface area (TPSA) is 153 Å². The maximum Gasteiger partial charge on any atom is 0.327 e. The van der Waals surface area contributed by atoms with E-state index in [1.54, 1.807) is 32.9 Å². The highest BCUT2D eigenvalue weighted by Crippen LogP contribution is 2.59. The molecule has 3 heterocycles. The first-order valence-corrected chi connectivity index (χ1v) is 20.2.